The monoisotopic (exact) mass is 409 g/mol. The lowest BCUT2D eigenvalue weighted by atomic mass is 10.0. The highest BCUT2D eigenvalue weighted by Crippen LogP contribution is 2.34. The lowest BCUT2D eigenvalue weighted by Crippen LogP contribution is -2.50. The van der Waals surface area contributed by atoms with E-state index in [1.165, 1.54) is 16.7 Å². The molecule has 10 heteroatoms. The van der Waals surface area contributed by atoms with E-state index >= 15 is 0 Å². The Balaban J connectivity index is 1.85. The van der Waals surface area contributed by atoms with E-state index < -0.39 is 42.3 Å². The van der Waals surface area contributed by atoms with Crippen LogP contribution in [-0.2, 0) is 19.1 Å². The van der Waals surface area contributed by atoms with E-state index in [-0.39, 0.29) is 43.0 Å². The molecular weight excluding hydrogens is 388 g/mol. The van der Waals surface area contributed by atoms with Crippen LogP contribution in [-0.4, -0.2) is 66.8 Å². The smallest absolute Gasteiger partial charge is 0.341 e. The number of aliphatic hydroxyl groups is 1. The number of piperazine rings is 1. The predicted octanol–water partition coefficient (Wildman–Crippen LogP) is 0.398. The zero-order valence-corrected chi connectivity index (χ0v) is 16.0. The lowest BCUT2D eigenvalue weighted by Gasteiger charge is -2.36. The van der Waals surface area contributed by atoms with Gasteiger partial charge in [0.15, 0.2) is 6.23 Å². The summed E-state index contributed by atoms with van der Waals surface area (Å²) in [6.07, 6.45) is -0.974. The van der Waals surface area contributed by atoms with Gasteiger partial charge in [-0.25, -0.2) is 13.6 Å². The van der Waals surface area contributed by atoms with E-state index in [0.29, 0.717) is 5.57 Å². The minimum Gasteiger partial charge on any atom is -0.434 e. The molecule has 8 nitrogen and oxygen atoms in total. The summed E-state index contributed by atoms with van der Waals surface area (Å²) in [6.45, 7) is 3.06. The quantitative estimate of drug-likeness (QED) is 0.699. The number of benzene rings is 1. The highest BCUT2D eigenvalue weighted by Gasteiger charge is 2.34. The molecule has 1 aromatic rings. The van der Waals surface area contributed by atoms with E-state index in [2.05, 4.69) is 5.32 Å². The first-order valence-corrected chi connectivity index (χ1v) is 9.04. The topological polar surface area (TPSA) is 99.2 Å². The van der Waals surface area contributed by atoms with Crippen molar-refractivity contribution in [3.05, 3.63) is 34.9 Å². The molecule has 2 amide bonds. The van der Waals surface area contributed by atoms with Gasteiger partial charge >= 0.3 is 5.97 Å². The number of amides is 2. The van der Waals surface area contributed by atoms with Crippen molar-refractivity contribution in [3.8, 4) is 0 Å². The number of ether oxygens (including phenoxy) is 1. The van der Waals surface area contributed by atoms with Crippen LogP contribution in [0.4, 0.5) is 14.5 Å². The molecule has 2 aliphatic heterocycles. The summed E-state index contributed by atoms with van der Waals surface area (Å²) >= 11 is 0. The molecule has 2 N–H and O–H groups in total. The van der Waals surface area contributed by atoms with Crippen molar-refractivity contribution >= 4 is 29.0 Å². The van der Waals surface area contributed by atoms with Crippen LogP contribution >= 0.6 is 0 Å². The number of carbonyl (C=O) groups is 3. The maximum Gasteiger partial charge on any atom is 0.341 e. The van der Waals surface area contributed by atoms with Crippen molar-refractivity contribution in [1.29, 1.82) is 0 Å². The first-order valence-electron chi connectivity index (χ1n) is 9.04. The summed E-state index contributed by atoms with van der Waals surface area (Å²) in [4.78, 5) is 37.8. The van der Waals surface area contributed by atoms with Gasteiger partial charge in [-0.05, 0) is 24.6 Å². The van der Waals surface area contributed by atoms with Crippen molar-refractivity contribution in [3.63, 3.8) is 0 Å². The number of halogens is 2. The van der Waals surface area contributed by atoms with Crippen LogP contribution in [0.1, 0.15) is 19.4 Å². The number of hydrogen-bond acceptors (Lipinski definition) is 6. The first kappa shape index (κ1) is 20.7. The Labute approximate surface area is 165 Å². The van der Waals surface area contributed by atoms with Gasteiger partial charge < -0.3 is 25.0 Å². The Morgan fingerprint density at radius 2 is 1.79 bits per heavy atom. The van der Waals surface area contributed by atoms with Crippen LogP contribution in [0.2, 0.25) is 0 Å². The van der Waals surface area contributed by atoms with Crippen LogP contribution in [0.3, 0.4) is 0 Å². The van der Waals surface area contributed by atoms with Gasteiger partial charge in [0.2, 0.25) is 11.8 Å². The summed E-state index contributed by atoms with van der Waals surface area (Å²) in [5.74, 6) is -3.31. The van der Waals surface area contributed by atoms with Gasteiger partial charge in [0.25, 0.3) is 0 Å². The van der Waals surface area contributed by atoms with Crippen molar-refractivity contribution in [2.24, 2.45) is 0 Å². The first-order chi connectivity index (χ1) is 13.7. The Morgan fingerprint density at radius 3 is 2.31 bits per heavy atom. The standard InChI is InChI=1S/C19H21F2N3O5/c1-10-16(19(28)29-18(10)22-11(2)26)12-7-13(20)17(14(21)8-12)24-5-3-23(4-6-24)15(27)9-25/h7-8,18,25H,3-6,9H2,1-2H3,(H,22,26)/t18-/m1/s1. The number of esters is 1. The highest BCUT2D eigenvalue weighted by atomic mass is 19.1. The van der Waals surface area contributed by atoms with E-state index in [0.717, 1.165) is 12.1 Å². The summed E-state index contributed by atoms with van der Waals surface area (Å²) < 4.78 is 34.6. The fourth-order valence-corrected chi connectivity index (χ4v) is 3.51. The molecular formula is C19H21F2N3O5. The van der Waals surface area contributed by atoms with Crippen LogP contribution in [0, 0.1) is 11.6 Å². The molecule has 1 saturated heterocycles. The third-order valence-electron chi connectivity index (χ3n) is 4.94. The van der Waals surface area contributed by atoms with Gasteiger partial charge in [0.1, 0.15) is 23.9 Å². The zero-order chi connectivity index (χ0) is 21.3. The average Bonchev–Trinajstić information content (AvgIpc) is 2.93. The van der Waals surface area contributed by atoms with Crippen LogP contribution < -0.4 is 10.2 Å². The molecule has 29 heavy (non-hydrogen) atoms. The summed E-state index contributed by atoms with van der Waals surface area (Å²) in [6, 6.07) is 2.11. The van der Waals surface area contributed by atoms with Crippen LogP contribution in [0.15, 0.2) is 17.7 Å². The SMILES string of the molecule is CC(=O)N[C@@H]1OC(=O)C(c2cc(F)c(N3CCN(C(=O)CO)CC3)c(F)c2)=C1C. The third kappa shape index (κ3) is 4.07. The lowest BCUT2D eigenvalue weighted by molar-refractivity contribution is -0.140. The maximum atomic E-state index is 14.8. The van der Waals surface area contributed by atoms with Crippen molar-refractivity contribution in [1.82, 2.24) is 10.2 Å². The summed E-state index contributed by atoms with van der Waals surface area (Å²) in [7, 11) is 0. The fourth-order valence-electron chi connectivity index (χ4n) is 3.51. The molecule has 1 aromatic carbocycles. The molecule has 3 rings (SSSR count). The number of anilines is 1. The maximum absolute atomic E-state index is 14.8. The minimum absolute atomic E-state index is 0.00598. The van der Waals surface area contributed by atoms with Crippen LogP contribution in [0.5, 0.6) is 0 Å². The Hall–Kier alpha value is -3.01. The Bertz CT molecular complexity index is 871. The number of nitrogens with zero attached hydrogens (tertiary/aromatic N) is 2. The molecule has 0 saturated carbocycles. The predicted molar refractivity (Wildman–Crippen MR) is 98.5 cm³/mol. The molecule has 1 atom stereocenters. The van der Waals surface area contributed by atoms with E-state index in [1.807, 2.05) is 0 Å². The second-order valence-electron chi connectivity index (χ2n) is 6.86. The number of aliphatic hydroxyl groups excluding tert-OH is 1. The summed E-state index contributed by atoms with van der Waals surface area (Å²) in [5, 5.41) is 11.4. The number of rotatable bonds is 4. The van der Waals surface area contributed by atoms with Gasteiger partial charge in [-0.3, -0.25) is 9.59 Å². The Kier molecular flexibility index (Phi) is 5.83. The molecule has 0 aromatic heterocycles. The van der Waals surface area contributed by atoms with Gasteiger partial charge in [0.05, 0.1) is 5.57 Å². The molecule has 0 bridgehead atoms. The normalized spacial score (nSPS) is 19.5. The Morgan fingerprint density at radius 1 is 1.21 bits per heavy atom. The fraction of sp³-hybridized carbons (Fsp3) is 0.421. The third-order valence-corrected chi connectivity index (χ3v) is 4.94. The second kappa shape index (κ2) is 8.16. The van der Waals surface area contributed by atoms with Crippen molar-refractivity contribution in [2.45, 2.75) is 20.1 Å². The number of nitrogens with one attached hydrogen (secondary N) is 1. The van der Waals surface area contributed by atoms with Gasteiger partial charge in [-0.15, -0.1) is 0 Å². The van der Waals surface area contributed by atoms with E-state index in [4.69, 9.17) is 9.84 Å². The van der Waals surface area contributed by atoms with Crippen LogP contribution in [0.25, 0.3) is 5.57 Å². The number of carbonyl (C=O) groups excluding carboxylic acids is 3. The molecule has 1 fully saturated rings. The van der Waals surface area contributed by atoms with E-state index in [9.17, 15) is 23.2 Å². The molecule has 0 unspecified atom stereocenters. The van der Waals surface area contributed by atoms with Gasteiger partial charge in [-0.2, -0.15) is 0 Å². The molecule has 2 heterocycles. The van der Waals surface area contributed by atoms with Gasteiger partial charge in [-0.1, -0.05) is 0 Å². The van der Waals surface area contributed by atoms with E-state index in [1.54, 1.807) is 6.92 Å². The molecule has 156 valence electrons. The minimum atomic E-state index is -0.974. The highest BCUT2D eigenvalue weighted by molar-refractivity contribution is 6.19. The summed E-state index contributed by atoms with van der Waals surface area (Å²) in [5.41, 5.74) is 0.139. The molecule has 0 aliphatic carbocycles. The van der Waals surface area contributed by atoms with Gasteiger partial charge in [0, 0.05) is 38.7 Å². The molecule has 2 aliphatic rings. The molecule has 0 spiro atoms. The zero-order valence-electron chi connectivity index (χ0n) is 16.0. The van der Waals surface area contributed by atoms with Crippen molar-refractivity contribution < 1.29 is 33.0 Å². The van der Waals surface area contributed by atoms with Crippen molar-refractivity contribution in [2.75, 3.05) is 37.7 Å². The average molecular weight is 409 g/mol. The largest absolute Gasteiger partial charge is 0.434 e. The number of cyclic esters (lactones) is 1. The second-order valence-corrected chi connectivity index (χ2v) is 6.86. The number of hydrogen-bond donors (Lipinski definition) is 2. The molecule has 0 radical (unpaired) electrons.